The van der Waals surface area contributed by atoms with Gasteiger partial charge in [-0.3, -0.25) is 4.79 Å². The smallest absolute Gasteiger partial charge is 0.405 e. The third kappa shape index (κ3) is 4.74. The lowest BCUT2D eigenvalue weighted by atomic mass is 9.89. The molecule has 1 saturated carbocycles. The number of rotatable bonds is 7. The van der Waals surface area contributed by atoms with Crippen molar-refractivity contribution in [1.29, 1.82) is 5.26 Å². The molecule has 37 heavy (non-hydrogen) atoms. The van der Waals surface area contributed by atoms with Gasteiger partial charge in [0.05, 0.1) is 30.1 Å². The highest BCUT2D eigenvalue weighted by molar-refractivity contribution is 5.93. The highest BCUT2D eigenvalue weighted by Crippen LogP contribution is 2.37. The first-order valence-electron chi connectivity index (χ1n) is 12.4. The van der Waals surface area contributed by atoms with Crippen LogP contribution in [0.15, 0.2) is 36.8 Å². The minimum atomic E-state index is -1.18. The second-order valence-corrected chi connectivity index (χ2v) is 9.90. The molecule has 192 valence electrons. The lowest BCUT2D eigenvalue weighted by Gasteiger charge is -2.41. The first-order valence-corrected chi connectivity index (χ1v) is 12.4. The molecule has 1 aliphatic carbocycles. The molecule has 0 spiro atoms. The van der Waals surface area contributed by atoms with Gasteiger partial charge in [-0.25, -0.2) is 14.3 Å². The number of aromatic nitrogens is 3. The Hall–Kier alpha value is -4.33. The van der Waals surface area contributed by atoms with E-state index in [2.05, 4.69) is 26.7 Å². The summed E-state index contributed by atoms with van der Waals surface area (Å²) < 4.78 is 7.35. The van der Waals surface area contributed by atoms with Crippen molar-refractivity contribution in [2.75, 3.05) is 24.6 Å². The molecule has 3 aromatic rings. The average molecular weight is 504 g/mol. The van der Waals surface area contributed by atoms with Crippen LogP contribution >= 0.6 is 0 Å². The number of hydrogen-bond acceptors (Lipinski definition) is 7. The number of hydrogen-bond donors (Lipinski definition) is 3. The van der Waals surface area contributed by atoms with E-state index in [1.807, 2.05) is 32.0 Å². The number of nitriles is 1. The molecular weight excluding hydrogens is 474 g/mol. The van der Waals surface area contributed by atoms with Gasteiger partial charge in [0.15, 0.2) is 0 Å². The summed E-state index contributed by atoms with van der Waals surface area (Å²) in [6, 6.07) is 8.04. The number of ether oxygens (including phenoxy) is 1. The van der Waals surface area contributed by atoms with Crippen molar-refractivity contribution in [1.82, 2.24) is 25.2 Å². The highest BCUT2D eigenvalue weighted by atomic mass is 16.5. The molecule has 11 nitrogen and oxygen atoms in total. The Kier molecular flexibility index (Phi) is 6.11. The molecule has 0 unspecified atom stereocenters. The van der Waals surface area contributed by atoms with Gasteiger partial charge in [0.25, 0.3) is 0 Å². The fourth-order valence-corrected chi connectivity index (χ4v) is 4.86. The van der Waals surface area contributed by atoms with E-state index in [9.17, 15) is 14.9 Å². The lowest BCUT2D eigenvalue weighted by molar-refractivity contribution is -0.126. The van der Waals surface area contributed by atoms with E-state index < -0.39 is 17.2 Å². The van der Waals surface area contributed by atoms with Gasteiger partial charge in [-0.2, -0.15) is 10.4 Å². The fraction of sp³-hybridized carbons (Fsp3) is 0.423. The second-order valence-electron chi connectivity index (χ2n) is 9.90. The zero-order chi connectivity index (χ0) is 26.2. The number of amides is 2. The molecular formula is C26H29N7O4. The van der Waals surface area contributed by atoms with E-state index >= 15 is 0 Å². The Morgan fingerprint density at radius 2 is 1.95 bits per heavy atom. The molecule has 1 aliphatic heterocycles. The van der Waals surface area contributed by atoms with Crippen LogP contribution in [0.1, 0.15) is 45.1 Å². The maximum absolute atomic E-state index is 12.7. The molecule has 0 atom stereocenters. The highest BCUT2D eigenvalue weighted by Gasteiger charge is 2.53. The first-order chi connectivity index (χ1) is 17.8. The first kappa shape index (κ1) is 24.4. The largest absolute Gasteiger partial charge is 0.492 e. The molecule has 5 rings (SSSR count). The van der Waals surface area contributed by atoms with Gasteiger partial charge in [-0.1, -0.05) is 0 Å². The second kappa shape index (κ2) is 9.28. The summed E-state index contributed by atoms with van der Waals surface area (Å²) in [7, 11) is 0. The van der Waals surface area contributed by atoms with E-state index in [-0.39, 0.29) is 5.91 Å². The van der Waals surface area contributed by atoms with Crippen molar-refractivity contribution < 1.29 is 19.4 Å². The lowest BCUT2D eigenvalue weighted by Crippen LogP contribution is -2.59. The minimum Gasteiger partial charge on any atom is -0.492 e. The van der Waals surface area contributed by atoms with Crippen molar-refractivity contribution >= 4 is 23.3 Å². The maximum atomic E-state index is 12.7. The zero-order valence-electron chi connectivity index (χ0n) is 20.8. The van der Waals surface area contributed by atoms with Crippen LogP contribution in [0.5, 0.6) is 5.75 Å². The zero-order valence-corrected chi connectivity index (χ0v) is 20.8. The van der Waals surface area contributed by atoms with Gasteiger partial charge in [0, 0.05) is 36.0 Å². The van der Waals surface area contributed by atoms with Crippen molar-refractivity contribution in [3.05, 3.63) is 42.4 Å². The number of carboxylic acid groups (broad SMARTS) is 1. The number of carbonyl (C=O) groups is 2. The number of piperidine rings is 1. The van der Waals surface area contributed by atoms with Crippen LogP contribution in [0.25, 0.3) is 16.6 Å². The van der Waals surface area contributed by atoms with Crippen molar-refractivity contribution in [3.63, 3.8) is 0 Å². The van der Waals surface area contributed by atoms with E-state index in [0.717, 1.165) is 16.9 Å². The van der Waals surface area contributed by atoms with Gasteiger partial charge in [0.1, 0.15) is 23.2 Å². The van der Waals surface area contributed by atoms with Crippen LogP contribution in [0.2, 0.25) is 0 Å². The van der Waals surface area contributed by atoms with Gasteiger partial charge in [0.2, 0.25) is 5.91 Å². The van der Waals surface area contributed by atoms with Crippen molar-refractivity contribution in [2.24, 2.45) is 0 Å². The van der Waals surface area contributed by atoms with E-state index in [1.165, 1.54) is 0 Å². The molecule has 0 radical (unpaired) electrons. The number of pyridine rings is 2. The predicted octanol–water partition coefficient (Wildman–Crippen LogP) is 2.94. The van der Waals surface area contributed by atoms with Crippen molar-refractivity contribution in [2.45, 2.75) is 50.6 Å². The number of fused-ring (bicyclic) bond motifs is 1. The van der Waals surface area contributed by atoms with E-state index in [1.54, 1.807) is 23.1 Å². The summed E-state index contributed by atoms with van der Waals surface area (Å²) in [5.74, 6) is 1.24. The number of carbonyl (C=O) groups excluding carboxylic acids is 1. The molecule has 0 bridgehead atoms. The molecule has 3 N–H and O–H groups in total. The summed E-state index contributed by atoms with van der Waals surface area (Å²) in [4.78, 5) is 30.7. The summed E-state index contributed by atoms with van der Waals surface area (Å²) in [6.45, 7) is 5.84. The summed E-state index contributed by atoms with van der Waals surface area (Å²) >= 11 is 0. The summed E-state index contributed by atoms with van der Waals surface area (Å²) in [6.07, 6.45) is 6.40. The van der Waals surface area contributed by atoms with E-state index in [4.69, 9.17) is 14.8 Å². The van der Waals surface area contributed by atoms with Crippen LogP contribution in [-0.4, -0.2) is 62.5 Å². The minimum absolute atomic E-state index is 0.245. The summed E-state index contributed by atoms with van der Waals surface area (Å²) in [5.41, 5.74) is 1.46. The summed E-state index contributed by atoms with van der Waals surface area (Å²) in [5, 5.41) is 28.3. The van der Waals surface area contributed by atoms with Gasteiger partial charge < -0.3 is 25.4 Å². The van der Waals surface area contributed by atoms with Gasteiger partial charge in [-0.15, -0.1) is 0 Å². The Labute approximate surface area is 214 Å². The Morgan fingerprint density at radius 1 is 1.19 bits per heavy atom. The van der Waals surface area contributed by atoms with E-state index in [0.29, 0.717) is 62.2 Å². The fourth-order valence-electron chi connectivity index (χ4n) is 4.86. The Balaban J connectivity index is 1.29. The molecule has 4 heterocycles. The number of anilines is 1. The predicted molar refractivity (Wildman–Crippen MR) is 135 cm³/mol. The molecule has 2 amide bonds. The van der Waals surface area contributed by atoms with Crippen LogP contribution in [0.4, 0.5) is 10.6 Å². The molecule has 2 aliphatic rings. The van der Waals surface area contributed by atoms with Crippen molar-refractivity contribution in [3.8, 4) is 22.9 Å². The molecule has 3 aromatic heterocycles. The monoisotopic (exact) mass is 503 g/mol. The quantitative estimate of drug-likeness (QED) is 0.446. The molecule has 2 fully saturated rings. The SMILES string of the molecule is CCOc1cc(-c2ccc(N3CCC(C)(NC(=O)C4(NC(=O)O)CC4)CC3)nc2)c2c(C#N)cnn2c1. The third-order valence-corrected chi connectivity index (χ3v) is 7.21. The molecule has 1 saturated heterocycles. The van der Waals surface area contributed by atoms with Crippen LogP contribution in [0.3, 0.4) is 0 Å². The average Bonchev–Trinajstić information content (AvgIpc) is 3.54. The van der Waals surface area contributed by atoms with Gasteiger partial charge >= 0.3 is 6.09 Å². The number of nitrogens with zero attached hydrogens (tertiary/aromatic N) is 5. The number of nitrogens with one attached hydrogen (secondary N) is 2. The molecule has 0 aromatic carbocycles. The van der Waals surface area contributed by atoms with Crippen LogP contribution in [0, 0.1) is 11.3 Å². The maximum Gasteiger partial charge on any atom is 0.405 e. The Bertz CT molecular complexity index is 1380. The standard InChI is InChI=1S/C26H29N7O4/c1-3-37-19-12-20(22-18(13-27)15-29-33(22)16-19)17-4-5-21(28-14-17)32-10-8-25(2,9-11-32)30-23(34)26(6-7-26)31-24(35)36/h4-5,12,14-16,31H,3,6-11H2,1-2H3,(H,30,34)(H,35,36). The van der Waals surface area contributed by atoms with Crippen LogP contribution in [-0.2, 0) is 4.79 Å². The van der Waals surface area contributed by atoms with Crippen LogP contribution < -0.4 is 20.3 Å². The Morgan fingerprint density at radius 3 is 2.54 bits per heavy atom. The molecule has 11 heteroatoms. The third-order valence-electron chi connectivity index (χ3n) is 7.21. The van der Waals surface area contributed by atoms with Gasteiger partial charge in [-0.05, 0) is 57.7 Å². The topological polar surface area (TPSA) is 145 Å². The normalized spacial score (nSPS) is 17.6.